The maximum absolute atomic E-state index is 4.84. The number of aliphatic imine (C=N–C) groups is 1. The van der Waals surface area contributed by atoms with Crippen molar-refractivity contribution >= 4 is 16.9 Å². The van der Waals surface area contributed by atoms with E-state index < -0.39 is 0 Å². The van der Waals surface area contributed by atoms with Crippen molar-refractivity contribution in [1.82, 2.24) is 25.0 Å². The molecule has 0 spiro atoms. The molecular formula is C22H32N6. The average Bonchev–Trinajstić information content (AvgIpc) is 3.23. The fraction of sp³-hybridized carbons (Fsp3) is 0.455. The number of guanidine groups is 1. The number of aromatic amines is 1. The third kappa shape index (κ3) is 4.74. The van der Waals surface area contributed by atoms with Crippen molar-refractivity contribution in [2.75, 3.05) is 20.1 Å². The molecular weight excluding hydrogens is 348 g/mol. The van der Waals surface area contributed by atoms with Gasteiger partial charge in [0.2, 0.25) is 0 Å². The van der Waals surface area contributed by atoms with Crippen LogP contribution >= 0.6 is 0 Å². The Balaban J connectivity index is 1.67. The van der Waals surface area contributed by atoms with Crippen LogP contribution in [0.4, 0.5) is 0 Å². The van der Waals surface area contributed by atoms with Crippen LogP contribution in [0.1, 0.15) is 43.6 Å². The number of hydrogen-bond donors (Lipinski definition) is 2. The van der Waals surface area contributed by atoms with Gasteiger partial charge < -0.3 is 15.2 Å². The summed E-state index contributed by atoms with van der Waals surface area (Å²) >= 11 is 0. The van der Waals surface area contributed by atoms with Crippen LogP contribution in [0.15, 0.2) is 41.5 Å². The largest absolute Gasteiger partial charge is 0.358 e. The van der Waals surface area contributed by atoms with Crippen molar-refractivity contribution in [1.29, 1.82) is 0 Å². The van der Waals surface area contributed by atoms with Crippen molar-refractivity contribution < 1.29 is 0 Å². The van der Waals surface area contributed by atoms with Gasteiger partial charge in [-0.2, -0.15) is 5.10 Å². The fourth-order valence-electron chi connectivity index (χ4n) is 3.51. The molecule has 1 aromatic carbocycles. The lowest BCUT2D eigenvalue weighted by molar-refractivity contribution is 0.473. The summed E-state index contributed by atoms with van der Waals surface area (Å²) in [5.41, 5.74) is 4.81. The van der Waals surface area contributed by atoms with Gasteiger partial charge in [-0.25, -0.2) is 0 Å². The molecule has 3 aromatic rings. The molecule has 0 radical (unpaired) electrons. The molecule has 2 heterocycles. The van der Waals surface area contributed by atoms with Gasteiger partial charge in [0.15, 0.2) is 5.96 Å². The Morgan fingerprint density at radius 1 is 1.32 bits per heavy atom. The van der Waals surface area contributed by atoms with Crippen LogP contribution in [0, 0.1) is 0 Å². The first-order chi connectivity index (χ1) is 13.5. The molecule has 0 atom stereocenters. The van der Waals surface area contributed by atoms with Crippen molar-refractivity contribution in [3.05, 3.63) is 53.5 Å². The summed E-state index contributed by atoms with van der Waals surface area (Å²) in [5.74, 6) is 1.34. The Bertz CT molecular complexity index is 901. The van der Waals surface area contributed by atoms with Gasteiger partial charge in [0, 0.05) is 63.1 Å². The van der Waals surface area contributed by atoms with Crippen LogP contribution < -0.4 is 5.32 Å². The number of benzene rings is 1. The average molecular weight is 381 g/mol. The van der Waals surface area contributed by atoms with E-state index in [1.54, 1.807) is 0 Å². The molecule has 0 bridgehead atoms. The van der Waals surface area contributed by atoms with Gasteiger partial charge in [-0.05, 0) is 30.4 Å². The van der Waals surface area contributed by atoms with Gasteiger partial charge in [0.25, 0.3) is 0 Å². The highest BCUT2D eigenvalue weighted by atomic mass is 15.3. The lowest BCUT2D eigenvalue weighted by atomic mass is 10.1. The summed E-state index contributed by atoms with van der Waals surface area (Å²) in [7, 11) is 4.07. The minimum absolute atomic E-state index is 0.408. The zero-order chi connectivity index (χ0) is 20.1. The molecule has 150 valence electrons. The number of hydrogen-bond acceptors (Lipinski definition) is 2. The maximum atomic E-state index is 4.84. The zero-order valence-electron chi connectivity index (χ0n) is 17.7. The summed E-state index contributed by atoms with van der Waals surface area (Å²) in [4.78, 5) is 10.5. The second kappa shape index (κ2) is 8.95. The minimum atomic E-state index is 0.408. The van der Waals surface area contributed by atoms with E-state index in [4.69, 9.17) is 4.99 Å². The highest BCUT2D eigenvalue weighted by molar-refractivity contribution is 5.80. The molecule has 6 nitrogen and oxygen atoms in total. The Hall–Kier alpha value is -2.76. The molecule has 3 rings (SSSR count). The molecule has 0 saturated carbocycles. The normalized spacial score (nSPS) is 12.1. The predicted octanol–water partition coefficient (Wildman–Crippen LogP) is 3.66. The zero-order valence-corrected chi connectivity index (χ0v) is 17.7. The number of para-hydroxylation sites is 1. The molecule has 0 fully saturated rings. The summed E-state index contributed by atoms with van der Waals surface area (Å²) in [5, 5.41) is 9.28. The Labute approximate surface area is 167 Å². The number of rotatable bonds is 7. The Morgan fingerprint density at radius 3 is 2.82 bits per heavy atom. The van der Waals surface area contributed by atoms with E-state index in [-0.39, 0.29) is 0 Å². The van der Waals surface area contributed by atoms with Crippen LogP contribution in [0.2, 0.25) is 0 Å². The molecule has 0 amide bonds. The van der Waals surface area contributed by atoms with Gasteiger partial charge in [-0.1, -0.05) is 32.0 Å². The molecule has 0 unspecified atom stereocenters. The summed E-state index contributed by atoms with van der Waals surface area (Å²) in [6.07, 6.45) is 3.00. The number of nitrogens with one attached hydrogen (secondary N) is 2. The van der Waals surface area contributed by atoms with Crippen LogP contribution in [-0.2, 0) is 20.0 Å². The van der Waals surface area contributed by atoms with Crippen LogP contribution in [-0.4, -0.2) is 45.8 Å². The van der Waals surface area contributed by atoms with E-state index in [1.807, 2.05) is 11.7 Å². The highest BCUT2D eigenvalue weighted by Gasteiger charge is 2.15. The van der Waals surface area contributed by atoms with E-state index in [1.165, 1.54) is 22.2 Å². The van der Waals surface area contributed by atoms with E-state index in [9.17, 15) is 0 Å². The summed E-state index contributed by atoms with van der Waals surface area (Å²) < 4.78 is 1.90. The fourth-order valence-corrected chi connectivity index (χ4v) is 3.51. The topological polar surface area (TPSA) is 61.2 Å². The molecule has 28 heavy (non-hydrogen) atoms. The first-order valence-electron chi connectivity index (χ1n) is 10.1. The molecule has 6 heteroatoms. The maximum Gasteiger partial charge on any atom is 0.193 e. The van der Waals surface area contributed by atoms with Crippen molar-refractivity contribution in [2.45, 2.75) is 39.7 Å². The van der Waals surface area contributed by atoms with E-state index in [0.29, 0.717) is 5.92 Å². The number of nitrogens with zero attached hydrogens (tertiary/aromatic N) is 4. The third-order valence-electron chi connectivity index (χ3n) is 4.82. The van der Waals surface area contributed by atoms with Crippen LogP contribution in [0.5, 0.6) is 0 Å². The van der Waals surface area contributed by atoms with Crippen molar-refractivity contribution in [3.8, 4) is 0 Å². The quantitative estimate of drug-likeness (QED) is 0.486. The minimum Gasteiger partial charge on any atom is -0.358 e. The van der Waals surface area contributed by atoms with Crippen molar-refractivity contribution in [2.24, 2.45) is 12.0 Å². The van der Waals surface area contributed by atoms with Gasteiger partial charge in [-0.15, -0.1) is 0 Å². The molecule has 0 saturated heterocycles. The van der Waals surface area contributed by atoms with Gasteiger partial charge in [-0.3, -0.25) is 9.67 Å². The molecule has 0 aliphatic heterocycles. The standard InChI is InChI=1S/C22H32N6/c1-6-23-22(27(4)14-18-15-28(5)26-21(18)16(2)3)24-12-11-19-13-17-9-7-8-10-20(17)25-19/h7-10,13,15-16,25H,6,11-12,14H2,1-5H3,(H,23,24). The molecule has 0 aliphatic carbocycles. The first-order valence-corrected chi connectivity index (χ1v) is 10.1. The lowest BCUT2D eigenvalue weighted by Gasteiger charge is -2.22. The first kappa shape index (κ1) is 20.0. The third-order valence-corrected chi connectivity index (χ3v) is 4.82. The Kier molecular flexibility index (Phi) is 6.39. The van der Waals surface area contributed by atoms with Crippen LogP contribution in [0.25, 0.3) is 10.9 Å². The highest BCUT2D eigenvalue weighted by Crippen LogP contribution is 2.19. The Morgan fingerprint density at radius 2 is 2.11 bits per heavy atom. The van der Waals surface area contributed by atoms with Gasteiger partial charge in [0.05, 0.1) is 5.69 Å². The molecule has 0 aliphatic rings. The van der Waals surface area contributed by atoms with E-state index in [0.717, 1.165) is 37.7 Å². The number of aromatic nitrogens is 3. The number of fused-ring (bicyclic) bond motifs is 1. The predicted molar refractivity (Wildman–Crippen MR) is 117 cm³/mol. The SMILES string of the molecule is CCNC(=NCCc1cc2ccccc2[nH]1)N(C)Cc1cn(C)nc1C(C)C. The lowest BCUT2D eigenvalue weighted by Crippen LogP contribution is -2.38. The van der Waals surface area contributed by atoms with Gasteiger partial charge in [0.1, 0.15) is 0 Å². The molecule has 2 aromatic heterocycles. The second-order valence-electron chi connectivity index (χ2n) is 7.59. The smallest absolute Gasteiger partial charge is 0.193 e. The molecule has 2 N–H and O–H groups in total. The van der Waals surface area contributed by atoms with Crippen LogP contribution in [0.3, 0.4) is 0 Å². The second-order valence-corrected chi connectivity index (χ2v) is 7.59. The number of aryl methyl sites for hydroxylation is 1. The summed E-state index contributed by atoms with van der Waals surface area (Å²) in [6.45, 7) is 8.85. The van der Waals surface area contributed by atoms with E-state index >= 15 is 0 Å². The number of H-pyrrole nitrogens is 1. The summed E-state index contributed by atoms with van der Waals surface area (Å²) in [6, 6.07) is 10.6. The monoisotopic (exact) mass is 380 g/mol. The van der Waals surface area contributed by atoms with E-state index in [2.05, 4.69) is 84.6 Å². The van der Waals surface area contributed by atoms with Gasteiger partial charge >= 0.3 is 0 Å². The van der Waals surface area contributed by atoms with Crippen molar-refractivity contribution in [3.63, 3.8) is 0 Å².